The number of pyridine rings is 1. The molecule has 1 fully saturated rings. The van der Waals surface area contributed by atoms with Gasteiger partial charge in [0.15, 0.2) is 5.65 Å². The van der Waals surface area contributed by atoms with E-state index in [1.807, 2.05) is 10.7 Å². The molecular weight excluding hydrogens is 406 g/mol. The van der Waals surface area contributed by atoms with Gasteiger partial charge in [0.05, 0.1) is 22.8 Å². The fourth-order valence-electron chi connectivity index (χ4n) is 4.43. The van der Waals surface area contributed by atoms with Crippen molar-refractivity contribution in [2.75, 3.05) is 13.1 Å². The first-order valence-corrected chi connectivity index (χ1v) is 12.1. The molecule has 1 saturated heterocycles. The van der Waals surface area contributed by atoms with E-state index in [2.05, 4.69) is 62.9 Å². The molecule has 0 saturated carbocycles. The van der Waals surface area contributed by atoms with Gasteiger partial charge in [0.2, 0.25) is 0 Å². The maximum atomic E-state index is 13.4. The lowest BCUT2D eigenvalue weighted by molar-refractivity contribution is 0.0902. The zero-order valence-electron chi connectivity index (χ0n) is 19.4. The first kappa shape index (κ1) is 22.0. The molecule has 4 heterocycles. The quantitative estimate of drug-likeness (QED) is 0.610. The molecule has 0 unspecified atom stereocenters. The SMILES string of the molecule is Cc1cc(-c2cc(C(=O)NC3CCN(C(C)C)CC3)c3cnn(C(C)C)c3n2)c(C)s1. The lowest BCUT2D eigenvalue weighted by Crippen LogP contribution is -2.46. The van der Waals surface area contributed by atoms with Crippen molar-refractivity contribution < 1.29 is 4.79 Å². The first-order valence-electron chi connectivity index (χ1n) is 11.2. The number of hydrogen-bond donors (Lipinski definition) is 1. The van der Waals surface area contributed by atoms with Gasteiger partial charge in [-0.25, -0.2) is 9.67 Å². The minimum Gasteiger partial charge on any atom is -0.349 e. The largest absolute Gasteiger partial charge is 0.349 e. The fraction of sp³-hybridized carbons (Fsp3) is 0.542. The Bertz CT molecular complexity index is 1090. The van der Waals surface area contributed by atoms with E-state index in [-0.39, 0.29) is 18.0 Å². The number of nitrogens with one attached hydrogen (secondary N) is 1. The molecule has 31 heavy (non-hydrogen) atoms. The number of fused-ring (bicyclic) bond motifs is 1. The number of piperidine rings is 1. The number of thiophene rings is 1. The van der Waals surface area contributed by atoms with Crippen molar-refractivity contribution in [2.24, 2.45) is 0 Å². The monoisotopic (exact) mass is 439 g/mol. The highest BCUT2D eigenvalue weighted by atomic mass is 32.1. The van der Waals surface area contributed by atoms with E-state index in [0.717, 1.165) is 48.2 Å². The van der Waals surface area contributed by atoms with Crippen molar-refractivity contribution in [1.29, 1.82) is 0 Å². The minimum atomic E-state index is -0.0236. The van der Waals surface area contributed by atoms with Gasteiger partial charge in [-0.15, -0.1) is 11.3 Å². The molecule has 1 amide bonds. The predicted molar refractivity (Wildman–Crippen MR) is 128 cm³/mol. The van der Waals surface area contributed by atoms with Crippen LogP contribution in [-0.4, -0.2) is 50.7 Å². The van der Waals surface area contributed by atoms with Gasteiger partial charge in [-0.3, -0.25) is 4.79 Å². The van der Waals surface area contributed by atoms with Crippen LogP contribution in [0, 0.1) is 13.8 Å². The molecule has 1 aliphatic heterocycles. The summed E-state index contributed by atoms with van der Waals surface area (Å²) in [6.45, 7) is 14.9. The van der Waals surface area contributed by atoms with Crippen LogP contribution in [0.15, 0.2) is 18.3 Å². The highest BCUT2D eigenvalue weighted by Crippen LogP contribution is 2.32. The summed E-state index contributed by atoms with van der Waals surface area (Å²) in [5, 5.41) is 8.66. The van der Waals surface area contributed by atoms with Crippen LogP contribution in [0.2, 0.25) is 0 Å². The highest BCUT2D eigenvalue weighted by Gasteiger charge is 2.25. The molecule has 0 spiro atoms. The van der Waals surface area contributed by atoms with Gasteiger partial charge in [0.1, 0.15) is 0 Å². The third-order valence-corrected chi connectivity index (χ3v) is 7.18. The maximum Gasteiger partial charge on any atom is 0.252 e. The van der Waals surface area contributed by atoms with Gasteiger partial charge in [-0.05, 0) is 66.5 Å². The van der Waals surface area contributed by atoms with Crippen molar-refractivity contribution in [3.8, 4) is 11.3 Å². The number of aromatic nitrogens is 3. The van der Waals surface area contributed by atoms with Gasteiger partial charge in [-0.2, -0.15) is 5.10 Å². The second kappa shape index (κ2) is 8.71. The third kappa shape index (κ3) is 4.39. The van der Waals surface area contributed by atoms with E-state index in [1.165, 1.54) is 9.75 Å². The van der Waals surface area contributed by atoms with Crippen LogP contribution in [0.25, 0.3) is 22.3 Å². The summed E-state index contributed by atoms with van der Waals surface area (Å²) >= 11 is 1.76. The minimum absolute atomic E-state index is 0.0236. The normalized spacial score (nSPS) is 16.0. The van der Waals surface area contributed by atoms with Crippen molar-refractivity contribution in [3.05, 3.63) is 33.6 Å². The summed E-state index contributed by atoms with van der Waals surface area (Å²) in [6.07, 6.45) is 3.76. The smallest absolute Gasteiger partial charge is 0.252 e. The molecule has 0 aliphatic carbocycles. The van der Waals surface area contributed by atoms with E-state index in [0.29, 0.717) is 11.6 Å². The molecular formula is C24H33N5OS. The van der Waals surface area contributed by atoms with E-state index in [4.69, 9.17) is 4.98 Å². The van der Waals surface area contributed by atoms with Crippen LogP contribution in [-0.2, 0) is 0 Å². The van der Waals surface area contributed by atoms with Crippen LogP contribution >= 0.6 is 11.3 Å². The molecule has 1 N–H and O–H groups in total. The summed E-state index contributed by atoms with van der Waals surface area (Å²) in [6, 6.07) is 5.04. The summed E-state index contributed by atoms with van der Waals surface area (Å²) in [7, 11) is 0. The molecule has 4 rings (SSSR count). The van der Waals surface area contributed by atoms with E-state index in [9.17, 15) is 4.79 Å². The molecule has 0 atom stereocenters. The van der Waals surface area contributed by atoms with Gasteiger partial charge in [0, 0.05) is 46.5 Å². The van der Waals surface area contributed by atoms with Gasteiger partial charge in [-0.1, -0.05) is 0 Å². The lowest BCUT2D eigenvalue weighted by atomic mass is 10.0. The van der Waals surface area contributed by atoms with Gasteiger partial charge >= 0.3 is 0 Å². The second-order valence-electron chi connectivity index (χ2n) is 9.18. The first-order chi connectivity index (χ1) is 14.7. The van der Waals surface area contributed by atoms with E-state index >= 15 is 0 Å². The molecule has 0 bridgehead atoms. The molecule has 7 heteroatoms. The summed E-state index contributed by atoms with van der Waals surface area (Å²) in [5.41, 5.74) is 3.38. The molecule has 3 aromatic heterocycles. The number of likely N-dealkylation sites (tertiary alicyclic amines) is 1. The number of hydrogen-bond acceptors (Lipinski definition) is 5. The standard InChI is InChI=1S/C24H33N5OS/c1-14(2)28-9-7-18(8-10-28)26-24(30)20-12-22(19-11-16(5)31-17(19)6)27-23-21(20)13-25-29(23)15(3)4/h11-15,18H,7-10H2,1-6H3,(H,26,30). The predicted octanol–water partition coefficient (Wildman–Crippen LogP) is 4.96. The molecule has 0 radical (unpaired) electrons. The Labute approximate surface area is 188 Å². The highest BCUT2D eigenvalue weighted by molar-refractivity contribution is 7.12. The van der Waals surface area contributed by atoms with Gasteiger partial charge < -0.3 is 10.2 Å². The Balaban J connectivity index is 1.69. The van der Waals surface area contributed by atoms with E-state index in [1.54, 1.807) is 17.5 Å². The Morgan fingerprint density at radius 3 is 2.42 bits per heavy atom. The number of rotatable bonds is 5. The number of carbonyl (C=O) groups excluding carboxylic acids is 1. The molecule has 166 valence electrons. The Hall–Kier alpha value is -2.25. The average molecular weight is 440 g/mol. The lowest BCUT2D eigenvalue weighted by Gasteiger charge is -2.34. The number of carbonyl (C=O) groups is 1. The summed E-state index contributed by atoms with van der Waals surface area (Å²) in [5.74, 6) is -0.0236. The molecule has 0 aromatic carbocycles. The van der Waals surface area contributed by atoms with Crippen LogP contribution < -0.4 is 5.32 Å². The third-order valence-electron chi connectivity index (χ3n) is 6.21. The Kier molecular flexibility index (Phi) is 6.17. The van der Waals surface area contributed by atoms with Gasteiger partial charge in [0.25, 0.3) is 5.91 Å². The Morgan fingerprint density at radius 2 is 1.84 bits per heavy atom. The van der Waals surface area contributed by atoms with Crippen molar-refractivity contribution in [3.63, 3.8) is 0 Å². The number of amides is 1. The summed E-state index contributed by atoms with van der Waals surface area (Å²) in [4.78, 5) is 23.3. The van der Waals surface area contributed by atoms with Crippen LogP contribution in [0.1, 0.15) is 66.7 Å². The number of nitrogens with zero attached hydrogens (tertiary/aromatic N) is 4. The molecule has 6 nitrogen and oxygen atoms in total. The van der Waals surface area contributed by atoms with Crippen LogP contribution in [0.3, 0.4) is 0 Å². The van der Waals surface area contributed by atoms with Crippen molar-refractivity contribution in [1.82, 2.24) is 25.0 Å². The zero-order chi connectivity index (χ0) is 22.3. The van der Waals surface area contributed by atoms with E-state index < -0.39 is 0 Å². The van der Waals surface area contributed by atoms with Crippen LogP contribution in [0.4, 0.5) is 0 Å². The fourth-order valence-corrected chi connectivity index (χ4v) is 5.36. The summed E-state index contributed by atoms with van der Waals surface area (Å²) < 4.78 is 1.91. The van der Waals surface area contributed by atoms with Crippen molar-refractivity contribution in [2.45, 2.75) is 72.5 Å². The Morgan fingerprint density at radius 1 is 1.13 bits per heavy atom. The number of aryl methyl sites for hydroxylation is 2. The zero-order valence-corrected chi connectivity index (χ0v) is 20.2. The molecule has 1 aliphatic rings. The average Bonchev–Trinajstić information content (AvgIpc) is 3.30. The van der Waals surface area contributed by atoms with Crippen LogP contribution in [0.5, 0.6) is 0 Å². The topological polar surface area (TPSA) is 63.1 Å². The van der Waals surface area contributed by atoms with Crippen molar-refractivity contribution >= 4 is 28.3 Å². The maximum absolute atomic E-state index is 13.4. The molecule has 3 aromatic rings. The second-order valence-corrected chi connectivity index (χ2v) is 10.6.